The topological polar surface area (TPSA) is 61.7 Å². The lowest BCUT2D eigenvalue weighted by atomic mass is 9.85. The minimum absolute atomic E-state index is 0.506. The van der Waals surface area contributed by atoms with E-state index in [1.165, 1.54) is 19.3 Å². The van der Waals surface area contributed by atoms with Crippen molar-refractivity contribution in [2.45, 2.75) is 31.3 Å². The fourth-order valence-electron chi connectivity index (χ4n) is 4.15. The molecule has 4 heteroatoms. The first-order chi connectivity index (χ1) is 12.2. The number of hydrazone groups is 1. The van der Waals surface area contributed by atoms with E-state index in [9.17, 15) is 9.90 Å². The maximum absolute atomic E-state index is 13.0. The van der Waals surface area contributed by atoms with Crippen molar-refractivity contribution in [3.63, 3.8) is 0 Å². The largest absolute Gasteiger partial charge is 0.372 e. The quantitative estimate of drug-likeness (QED) is 0.844. The molecule has 128 valence electrons. The first-order valence-electron chi connectivity index (χ1n) is 8.88. The van der Waals surface area contributed by atoms with Crippen LogP contribution in [0.5, 0.6) is 0 Å². The minimum Gasteiger partial charge on any atom is -0.372 e. The third-order valence-electron chi connectivity index (χ3n) is 5.52. The smallest absolute Gasteiger partial charge is 0.281 e. The Morgan fingerprint density at radius 3 is 2.08 bits per heavy atom. The van der Waals surface area contributed by atoms with E-state index in [1.807, 2.05) is 36.4 Å². The zero-order valence-corrected chi connectivity index (χ0v) is 14.1. The van der Waals surface area contributed by atoms with Gasteiger partial charge in [-0.25, -0.2) is 5.43 Å². The summed E-state index contributed by atoms with van der Waals surface area (Å²) in [6.45, 7) is 0. The SMILES string of the molecule is O=C(NN=C1CC2CCC1C2)C(O)(c1ccccc1)c1ccccc1. The van der Waals surface area contributed by atoms with Crippen LogP contribution >= 0.6 is 0 Å². The van der Waals surface area contributed by atoms with Gasteiger partial charge in [0.05, 0.1) is 0 Å². The lowest BCUT2D eigenvalue weighted by Gasteiger charge is -2.27. The Balaban J connectivity index is 1.64. The highest BCUT2D eigenvalue weighted by atomic mass is 16.3. The predicted molar refractivity (Wildman–Crippen MR) is 96.9 cm³/mol. The molecule has 0 aliphatic heterocycles. The number of nitrogens with one attached hydrogen (secondary N) is 1. The summed E-state index contributed by atoms with van der Waals surface area (Å²) in [6, 6.07) is 18.0. The van der Waals surface area contributed by atoms with Gasteiger partial charge in [-0.2, -0.15) is 5.10 Å². The average molecular weight is 334 g/mol. The van der Waals surface area contributed by atoms with Crippen LogP contribution in [0.2, 0.25) is 0 Å². The van der Waals surface area contributed by atoms with Crippen LogP contribution in [0.3, 0.4) is 0 Å². The molecule has 2 N–H and O–H groups in total. The molecule has 0 aromatic heterocycles. The summed E-state index contributed by atoms with van der Waals surface area (Å²) in [5, 5.41) is 15.7. The molecule has 1 amide bonds. The number of benzene rings is 2. The Morgan fingerprint density at radius 2 is 1.60 bits per heavy atom. The molecular formula is C21H22N2O2. The zero-order valence-electron chi connectivity index (χ0n) is 14.1. The molecule has 2 aliphatic rings. The number of carbonyl (C=O) groups excluding carboxylic acids is 1. The van der Waals surface area contributed by atoms with E-state index in [0.29, 0.717) is 17.0 Å². The highest BCUT2D eigenvalue weighted by molar-refractivity contribution is 5.94. The van der Waals surface area contributed by atoms with Crippen molar-refractivity contribution in [3.05, 3.63) is 71.8 Å². The van der Waals surface area contributed by atoms with Gasteiger partial charge in [-0.15, -0.1) is 0 Å². The molecule has 2 unspecified atom stereocenters. The Hall–Kier alpha value is -2.46. The van der Waals surface area contributed by atoms with Crippen LogP contribution in [0.1, 0.15) is 36.8 Å². The third-order valence-corrected chi connectivity index (χ3v) is 5.52. The van der Waals surface area contributed by atoms with Gasteiger partial charge in [-0.05, 0) is 48.6 Å². The number of carbonyl (C=O) groups is 1. The van der Waals surface area contributed by atoms with Gasteiger partial charge in [0.1, 0.15) is 0 Å². The molecule has 0 radical (unpaired) electrons. The second-order valence-electron chi connectivity index (χ2n) is 7.07. The molecule has 2 bridgehead atoms. The predicted octanol–water partition coefficient (Wildman–Crippen LogP) is 3.21. The Kier molecular flexibility index (Phi) is 4.14. The Morgan fingerprint density at radius 1 is 1.00 bits per heavy atom. The number of aliphatic hydroxyl groups is 1. The molecule has 2 fully saturated rings. The van der Waals surface area contributed by atoms with E-state index in [4.69, 9.17) is 0 Å². The van der Waals surface area contributed by atoms with Gasteiger partial charge in [-0.3, -0.25) is 4.79 Å². The fourth-order valence-corrected chi connectivity index (χ4v) is 4.15. The highest BCUT2D eigenvalue weighted by Gasteiger charge is 2.41. The molecule has 2 saturated carbocycles. The van der Waals surface area contributed by atoms with Crippen LogP contribution in [0, 0.1) is 11.8 Å². The molecule has 0 heterocycles. The van der Waals surface area contributed by atoms with Gasteiger partial charge < -0.3 is 5.11 Å². The Labute approximate surface area is 147 Å². The summed E-state index contributed by atoms with van der Waals surface area (Å²) >= 11 is 0. The molecule has 0 spiro atoms. The van der Waals surface area contributed by atoms with Crippen molar-refractivity contribution in [1.29, 1.82) is 0 Å². The van der Waals surface area contributed by atoms with Crippen LogP contribution in [0.15, 0.2) is 65.8 Å². The van der Waals surface area contributed by atoms with E-state index >= 15 is 0 Å². The average Bonchev–Trinajstić information content (AvgIpc) is 3.30. The number of hydrogen-bond donors (Lipinski definition) is 2. The number of fused-ring (bicyclic) bond motifs is 2. The van der Waals surface area contributed by atoms with Crippen molar-refractivity contribution < 1.29 is 9.90 Å². The first kappa shape index (κ1) is 16.0. The van der Waals surface area contributed by atoms with Crippen molar-refractivity contribution >= 4 is 11.6 Å². The highest BCUT2D eigenvalue weighted by Crippen LogP contribution is 2.42. The minimum atomic E-state index is -1.76. The zero-order chi connectivity index (χ0) is 17.3. The van der Waals surface area contributed by atoms with Gasteiger partial charge in [0.25, 0.3) is 5.91 Å². The monoisotopic (exact) mass is 334 g/mol. The van der Waals surface area contributed by atoms with E-state index < -0.39 is 11.5 Å². The van der Waals surface area contributed by atoms with Gasteiger partial charge in [0.2, 0.25) is 0 Å². The molecule has 4 nitrogen and oxygen atoms in total. The molecule has 25 heavy (non-hydrogen) atoms. The van der Waals surface area contributed by atoms with E-state index in [0.717, 1.165) is 18.1 Å². The van der Waals surface area contributed by atoms with Crippen LogP contribution < -0.4 is 5.43 Å². The number of amides is 1. The van der Waals surface area contributed by atoms with E-state index in [2.05, 4.69) is 10.5 Å². The molecule has 2 atom stereocenters. The normalized spacial score (nSPS) is 23.8. The van der Waals surface area contributed by atoms with E-state index in [1.54, 1.807) is 24.3 Å². The van der Waals surface area contributed by atoms with E-state index in [-0.39, 0.29) is 0 Å². The van der Waals surface area contributed by atoms with Crippen LogP contribution in [0.25, 0.3) is 0 Å². The van der Waals surface area contributed by atoms with Crippen molar-refractivity contribution in [1.82, 2.24) is 5.43 Å². The number of rotatable bonds is 4. The molecule has 2 aromatic rings. The first-order valence-corrected chi connectivity index (χ1v) is 8.88. The Bertz CT molecular complexity index is 747. The summed E-state index contributed by atoms with van der Waals surface area (Å²) in [4.78, 5) is 13.0. The van der Waals surface area contributed by atoms with Crippen LogP contribution in [-0.2, 0) is 10.4 Å². The second-order valence-corrected chi connectivity index (χ2v) is 7.07. The lowest BCUT2D eigenvalue weighted by Crippen LogP contribution is -2.44. The molecule has 2 aromatic carbocycles. The summed E-state index contributed by atoms with van der Waals surface area (Å²) < 4.78 is 0. The van der Waals surface area contributed by atoms with Crippen molar-refractivity contribution in [3.8, 4) is 0 Å². The lowest BCUT2D eigenvalue weighted by molar-refractivity contribution is -0.136. The molecule has 4 rings (SSSR count). The maximum Gasteiger partial charge on any atom is 0.281 e. The molecule has 0 saturated heterocycles. The van der Waals surface area contributed by atoms with Crippen molar-refractivity contribution in [2.24, 2.45) is 16.9 Å². The molecule has 2 aliphatic carbocycles. The van der Waals surface area contributed by atoms with Crippen LogP contribution in [-0.4, -0.2) is 16.7 Å². The summed E-state index contributed by atoms with van der Waals surface area (Å²) in [6.07, 6.45) is 4.60. The molecular weight excluding hydrogens is 312 g/mol. The van der Waals surface area contributed by atoms with Gasteiger partial charge in [0, 0.05) is 5.71 Å². The third kappa shape index (κ3) is 2.87. The van der Waals surface area contributed by atoms with Crippen molar-refractivity contribution in [2.75, 3.05) is 0 Å². The summed E-state index contributed by atoms with van der Waals surface area (Å²) in [5.41, 5.74) is 3.03. The summed E-state index contributed by atoms with van der Waals surface area (Å²) in [5.74, 6) is 0.717. The van der Waals surface area contributed by atoms with Gasteiger partial charge in [-0.1, -0.05) is 60.7 Å². The second kappa shape index (κ2) is 6.45. The standard InChI is InChI=1S/C21H22N2O2/c24-20(23-22-19-14-15-11-12-16(19)13-15)21(25,17-7-3-1-4-8-17)18-9-5-2-6-10-18/h1-10,15-16,25H,11-14H2,(H,23,24). The number of hydrogen-bond acceptors (Lipinski definition) is 3. The van der Waals surface area contributed by atoms with Crippen LogP contribution in [0.4, 0.5) is 0 Å². The fraction of sp³-hybridized carbons (Fsp3) is 0.333. The maximum atomic E-state index is 13.0. The van der Waals surface area contributed by atoms with Gasteiger partial charge in [0.15, 0.2) is 5.60 Å². The number of nitrogens with zero attached hydrogens (tertiary/aromatic N) is 1. The van der Waals surface area contributed by atoms with Gasteiger partial charge >= 0.3 is 0 Å². The summed E-state index contributed by atoms with van der Waals surface area (Å²) in [7, 11) is 0.